The van der Waals surface area contributed by atoms with Gasteiger partial charge in [-0.15, -0.1) is 0 Å². The van der Waals surface area contributed by atoms with Crippen LogP contribution in [0.1, 0.15) is 12.5 Å². The Hall–Kier alpha value is -4.19. The molecule has 6 nitrogen and oxygen atoms in total. The van der Waals surface area contributed by atoms with Crippen LogP contribution in [-0.4, -0.2) is 29.3 Å². The van der Waals surface area contributed by atoms with Gasteiger partial charge >= 0.3 is 6.03 Å². The number of benzene rings is 4. The number of hydrogen-bond acceptors (Lipinski definition) is 3. The van der Waals surface area contributed by atoms with Gasteiger partial charge in [0.1, 0.15) is 12.1 Å². The molecule has 0 aromatic heterocycles. The third-order valence-electron chi connectivity index (χ3n) is 5.97. The molecule has 158 valence electrons. The molecule has 0 saturated carbocycles. The van der Waals surface area contributed by atoms with E-state index in [0.29, 0.717) is 11.3 Å². The molecule has 4 aromatic rings. The van der Waals surface area contributed by atoms with Crippen molar-refractivity contribution in [3.05, 3.63) is 90.5 Å². The summed E-state index contributed by atoms with van der Waals surface area (Å²) in [5, 5.41) is 9.37. The lowest BCUT2D eigenvalue weighted by atomic mass is 9.88. The zero-order valence-corrected chi connectivity index (χ0v) is 17.5. The lowest BCUT2D eigenvalue weighted by molar-refractivity contribution is -0.133. The Balaban J connectivity index is 1.41. The molecule has 1 aliphatic rings. The fraction of sp³-hybridized carbons (Fsp3) is 0.115. The van der Waals surface area contributed by atoms with Crippen molar-refractivity contribution in [3.63, 3.8) is 0 Å². The van der Waals surface area contributed by atoms with Crippen LogP contribution in [0.5, 0.6) is 0 Å². The van der Waals surface area contributed by atoms with E-state index in [4.69, 9.17) is 0 Å². The fourth-order valence-electron chi connectivity index (χ4n) is 4.35. The normalized spacial score (nSPS) is 18.2. The number of hydrogen-bond donors (Lipinski definition) is 2. The number of fused-ring (bicyclic) bond motifs is 2. The highest BCUT2D eigenvalue weighted by Crippen LogP contribution is 2.34. The highest BCUT2D eigenvalue weighted by molar-refractivity contribution is 6.12. The molecule has 2 N–H and O–H groups in total. The number of rotatable bonds is 4. The van der Waals surface area contributed by atoms with Crippen molar-refractivity contribution >= 4 is 45.1 Å². The smallest absolute Gasteiger partial charge is 0.324 e. The van der Waals surface area contributed by atoms with Gasteiger partial charge in [0.05, 0.1) is 0 Å². The highest BCUT2D eigenvalue weighted by atomic mass is 16.2. The number of amides is 4. The van der Waals surface area contributed by atoms with Crippen LogP contribution in [0.25, 0.3) is 21.5 Å². The maximum atomic E-state index is 13.3. The topological polar surface area (TPSA) is 78.5 Å². The minimum absolute atomic E-state index is 0.367. The molecule has 0 spiro atoms. The first-order chi connectivity index (χ1) is 15.5. The number of nitrogens with zero attached hydrogens (tertiary/aromatic N) is 1. The zero-order valence-electron chi connectivity index (χ0n) is 17.5. The average Bonchev–Trinajstić information content (AvgIpc) is 3.02. The van der Waals surface area contributed by atoms with E-state index in [1.165, 1.54) is 0 Å². The second kappa shape index (κ2) is 7.50. The Morgan fingerprint density at radius 1 is 0.844 bits per heavy atom. The van der Waals surface area contributed by atoms with Crippen LogP contribution in [0.2, 0.25) is 0 Å². The van der Waals surface area contributed by atoms with Crippen molar-refractivity contribution < 1.29 is 14.4 Å². The minimum Gasteiger partial charge on any atom is -0.324 e. The lowest BCUT2D eigenvalue weighted by Crippen LogP contribution is -2.42. The largest absolute Gasteiger partial charge is 0.325 e. The molecule has 0 unspecified atom stereocenters. The van der Waals surface area contributed by atoms with Crippen LogP contribution in [0.4, 0.5) is 10.5 Å². The summed E-state index contributed by atoms with van der Waals surface area (Å²) in [4.78, 5) is 39.8. The first-order valence-electron chi connectivity index (χ1n) is 10.4. The van der Waals surface area contributed by atoms with Gasteiger partial charge in [-0.2, -0.15) is 0 Å². The van der Waals surface area contributed by atoms with Crippen LogP contribution >= 0.6 is 0 Å². The van der Waals surface area contributed by atoms with Gasteiger partial charge in [-0.25, -0.2) is 4.79 Å². The van der Waals surface area contributed by atoms with Crippen LogP contribution in [0, 0.1) is 0 Å². The summed E-state index contributed by atoms with van der Waals surface area (Å²) in [6, 6.07) is 26.1. The van der Waals surface area contributed by atoms with Crippen LogP contribution in [0.15, 0.2) is 84.9 Å². The van der Waals surface area contributed by atoms with E-state index in [1.807, 2.05) is 78.9 Å². The molecule has 6 heteroatoms. The number of carbonyl (C=O) groups is 3. The van der Waals surface area contributed by atoms with Gasteiger partial charge in [0, 0.05) is 11.1 Å². The van der Waals surface area contributed by atoms with Gasteiger partial charge in [-0.3, -0.25) is 14.5 Å². The fourth-order valence-corrected chi connectivity index (χ4v) is 4.35. The maximum absolute atomic E-state index is 13.3. The standard InChI is InChI=1S/C26H21N3O3/c1-26(21-14-6-10-17-8-2-4-12-19(17)21)24(31)29(25(32)28-26)16-23(30)27-22-15-7-11-18-9-3-5-13-20(18)22/h2-15H,16H2,1H3,(H,27,30)(H,28,32)/t26-/m0/s1. The zero-order chi connectivity index (χ0) is 22.3. The molecule has 5 rings (SSSR count). The lowest BCUT2D eigenvalue weighted by Gasteiger charge is -2.24. The summed E-state index contributed by atoms with van der Waals surface area (Å²) in [6.45, 7) is 1.31. The van der Waals surface area contributed by atoms with Gasteiger partial charge < -0.3 is 10.6 Å². The molecule has 0 radical (unpaired) electrons. The SMILES string of the molecule is C[C@@]1(c2cccc3ccccc23)NC(=O)N(CC(=O)Nc2cccc3ccccc23)C1=O. The molecule has 4 aromatic carbocycles. The molecule has 32 heavy (non-hydrogen) atoms. The van der Waals surface area contributed by atoms with Crippen molar-refractivity contribution in [2.24, 2.45) is 0 Å². The van der Waals surface area contributed by atoms with Gasteiger partial charge in [0.15, 0.2) is 0 Å². The summed E-state index contributed by atoms with van der Waals surface area (Å²) < 4.78 is 0. The van der Waals surface area contributed by atoms with Gasteiger partial charge in [0.25, 0.3) is 5.91 Å². The molecule has 0 bridgehead atoms. The second-order valence-electron chi connectivity index (χ2n) is 8.05. The van der Waals surface area contributed by atoms with E-state index in [-0.39, 0.29) is 6.54 Å². The van der Waals surface area contributed by atoms with E-state index < -0.39 is 23.4 Å². The predicted molar refractivity (Wildman–Crippen MR) is 124 cm³/mol. The van der Waals surface area contributed by atoms with E-state index in [1.54, 1.807) is 13.0 Å². The average molecular weight is 423 g/mol. The minimum atomic E-state index is -1.25. The quantitative estimate of drug-likeness (QED) is 0.478. The molecule has 1 fully saturated rings. The molecule has 1 saturated heterocycles. The Morgan fingerprint density at radius 2 is 1.44 bits per heavy atom. The van der Waals surface area contributed by atoms with E-state index >= 15 is 0 Å². The Bertz CT molecular complexity index is 1390. The van der Waals surface area contributed by atoms with Crippen LogP contribution in [0.3, 0.4) is 0 Å². The summed E-state index contributed by atoms with van der Waals surface area (Å²) in [5.74, 6) is -0.890. The van der Waals surface area contributed by atoms with Crippen molar-refractivity contribution in [2.45, 2.75) is 12.5 Å². The maximum Gasteiger partial charge on any atom is 0.325 e. The molecule has 1 heterocycles. The molecule has 4 amide bonds. The number of nitrogens with one attached hydrogen (secondary N) is 2. The first kappa shape index (κ1) is 19.8. The summed E-state index contributed by atoms with van der Waals surface area (Å²) in [7, 11) is 0. The first-order valence-corrected chi connectivity index (χ1v) is 10.4. The van der Waals surface area contributed by atoms with E-state index in [0.717, 1.165) is 26.4 Å². The molecule has 0 aliphatic carbocycles. The van der Waals surface area contributed by atoms with Gasteiger partial charge in [-0.1, -0.05) is 78.9 Å². The third-order valence-corrected chi connectivity index (χ3v) is 5.97. The number of anilines is 1. The van der Waals surface area contributed by atoms with Crippen LogP contribution < -0.4 is 10.6 Å². The Labute approximate surface area is 184 Å². The molecular weight excluding hydrogens is 402 g/mol. The summed E-state index contributed by atoms with van der Waals surface area (Å²) >= 11 is 0. The van der Waals surface area contributed by atoms with Gasteiger partial charge in [0.2, 0.25) is 5.91 Å². The number of carbonyl (C=O) groups excluding carboxylic acids is 3. The summed E-state index contributed by atoms with van der Waals surface area (Å²) in [5.41, 5.74) is 0.0837. The van der Waals surface area contributed by atoms with Crippen molar-refractivity contribution in [2.75, 3.05) is 11.9 Å². The van der Waals surface area contributed by atoms with Crippen molar-refractivity contribution in [3.8, 4) is 0 Å². The third kappa shape index (κ3) is 3.17. The second-order valence-corrected chi connectivity index (χ2v) is 8.05. The molecule has 1 aliphatic heterocycles. The number of urea groups is 1. The van der Waals surface area contributed by atoms with Crippen molar-refractivity contribution in [1.82, 2.24) is 10.2 Å². The van der Waals surface area contributed by atoms with E-state index in [2.05, 4.69) is 10.6 Å². The highest BCUT2D eigenvalue weighted by Gasteiger charge is 2.50. The van der Waals surface area contributed by atoms with Gasteiger partial charge in [-0.05, 0) is 34.7 Å². The predicted octanol–water partition coefficient (Wildman–Crippen LogP) is 4.40. The monoisotopic (exact) mass is 423 g/mol. The molecular formula is C26H21N3O3. The Morgan fingerprint density at radius 3 is 2.19 bits per heavy atom. The van der Waals surface area contributed by atoms with Crippen LogP contribution in [-0.2, 0) is 15.1 Å². The van der Waals surface area contributed by atoms with Crippen molar-refractivity contribution in [1.29, 1.82) is 0 Å². The number of imide groups is 1. The summed E-state index contributed by atoms with van der Waals surface area (Å²) in [6.07, 6.45) is 0. The Kier molecular flexibility index (Phi) is 4.63. The van der Waals surface area contributed by atoms with E-state index in [9.17, 15) is 14.4 Å². The molecule has 1 atom stereocenters.